The van der Waals surface area contributed by atoms with Gasteiger partial charge in [-0.2, -0.15) is 0 Å². The zero-order chi connectivity index (χ0) is 16.1. The first-order valence-corrected chi connectivity index (χ1v) is 7.35. The summed E-state index contributed by atoms with van der Waals surface area (Å²) < 4.78 is 0. The van der Waals surface area contributed by atoms with E-state index in [-0.39, 0.29) is 11.5 Å². The number of hydrogen-bond acceptors (Lipinski definition) is 2. The molecule has 0 aromatic heterocycles. The van der Waals surface area contributed by atoms with Crippen LogP contribution in [0.5, 0.6) is 0 Å². The van der Waals surface area contributed by atoms with Crippen LogP contribution in [0.4, 0.5) is 0 Å². The zero-order valence-electron chi connectivity index (χ0n) is 12.6. The van der Waals surface area contributed by atoms with Gasteiger partial charge in [-0.15, -0.1) is 0 Å². The third kappa shape index (κ3) is 1.76. The number of hydrogen-bond donors (Lipinski definition) is 2. The Kier molecular flexibility index (Phi) is 3.20. The van der Waals surface area contributed by atoms with Crippen LogP contribution >= 0.6 is 0 Å². The summed E-state index contributed by atoms with van der Waals surface area (Å²) in [5, 5.41) is 19.4. The Balaban J connectivity index is 2.38. The van der Waals surface area contributed by atoms with Gasteiger partial charge in [0.05, 0.1) is 5.56 Å². The van der Waals surface area contributed by atoms with Crippen LogP contribution in [0.1, 0.15) is 41.8 Å². The predicted molar refractivity (Wildman–Crippen MR) is 82.0 cm³/mol. The van der Waals surface area contributed by atoms with Crippen LogP contribution in [0.3, 0.4) is 0 Å². The normalized spacial score (nSPS) is 28.0. The van der Waals surface area contributed by atoms with Crippen molar-refractivity contribution in [2.45, 2.75) is 32.1 Å². The van der Waals surface area contributed by atoms with E-state index in [1.165, 1.54) is 0 Å². The van der Waals surface area contributed by atoms with Crippen molar-refractivity contribution in [2.24, 2.45) is 5.92 Å². The first-order valence-electron chi connectivity index (χ1n) is 7.35. The number of aromatic carboxylic acids is 1. The van der Waals surface area contributed by atoms with E-state index >= 15 is 0 Å². The van der Waals surface area contributed by atoms with Gasteiger partial charge in [0.15, 0.2) is 0 Å². The molecule has 0 radical (unpaired) electrons. The van der Waals surface area contributed by atoms with Crippen molar-refractivity contribution in [3.63, 3.8) is 0 Å². The quantitative estimate of drug-likeness (QED) is 0.822. The van der Waals surface area contributed by atoms with Crippen LogP contribution in [0.15, 0.2) is 41.5 Å². The fraction of sp³-hybridized carbons (Fsp3) is 0.333. The number of allylic oxidation sites excluding steroid dienone is 3. The van der Waals surface area contributed by atoms with Gasteiger partial charge in [0.25, 0.3) is 0 Å². The van der Waals surface area contributed by atoms with E-state index in [1.807, 2.05) is 19.9 Å². The molecule has 114 valence electrons. The molecular weight excluding hydrogens is 280 g/mol. The van der Waals surface area contributed by atoms with Gasteiger partial charge in [0.1, 0.15) is 5.41 Å². The Morgan fingerprint density at radius 3 is 2.64 bits per heavy atom. The monoisotopic (exact) mass is 298 g/mol. The molecule has 2 bridgehead atoms. The summed E-state index contributed by atoms with van der Waals surface area (Å²) >= 11 is 0. The average molecular weight is 298 g/mol. The maximum Gasteiger partial charge on any atom is 0.335 e. The molecule has 2 unspecified atom stereocenters. The van der Waals surface area contributed by atoms with Crippen molar-refractivity contribution in [3.8, 4) is 0 Å². The average Bonchev–Trinajstić information content (AvgIpc) is 2.45. The number of carbonyl (C=O) groups is 2. The smallest absolute Gasteiger partial charge is 0.335 e. The minimum Gasteiger partial charge on any atom is -0.480 e. The van der Waals surface area contributed by atoms with Gasteiger partial charge in [-0.05, 0) is 49.5 Å². The Labute approximate surface area is 128 Å². The second kappa shape index (κ2) is 4.83. The van der Waals surface area contributed by atoms with Crippen LogP contribution in [-0.4, -0.2) is 22.2 Å². The zero-order valence-corrected chi connectivity index (χ0v) is 12.6. The van der Waals surface area contributed by atoms with Crippen LogP contribution in [0.2, 0.25) is 0 Å². The number of benzene rings is 1. The molecular formula is C18H18O4. The molecule has 4 heteroatoms. The molecule has 2 atom stereocenters. The van der Waals surface area contributed by atoms with Gasteiger partial charge in [-0.3, -0.25) is 4.79 Å². The summed E-state index contributed by atoms with van der Waals surface area (Å²) in [6, 6.07) is 4.98. The van der Waals surface area contributed by atoms with Gasteiger partial charge in [0, 0.05) is 5.92 Å². The Morgan fingerprint density at radius 1 is 1.32 bits per heavy atom. The molecule has 2 aliphatic rings. The molecule has 0 fully saturated rings. The molecule has 1 aromatic rings. The fourth-order valence-electron chi connectivity index (χ4n) is 4.15. The minimum absolute atomic E-state index is 0.0390. The first kappa shape index (κ1) is 14.6. The summed E-state index contributed by atoms with van der Waals surface area (Å²) in [5.74, 6) is -1.94. The number of fused-ring (bicyclic) bond motifs is 4. The van der Waals surface area contributed by atoms with Crippen LogP contribution in [-0.2, 0) is 16.6 Å². The lowest BCUT2D eigenvalue weighted by Gasteiger charge is -2.45. The molecule has 0 spiro atoms. The topological polar surface area (TPSA) is 74.6 Å². The van der Waals surface area contributed by atoms with Crippen molar-refractivity contribution in [1.29, 1.82) is 0 Å². The summed E-state index contributed by atoms with van der Waals surface area (Å²) in [7, 11) is 0. The van der Waals surface area contributed by atoms with Gasteiger partial charge < -0.3 is 10.2 Å². The van der Waals surface area contributed by atoms with Gasteiger partial charge >= 0.3 is 11.9 Å². The lowest BCUT2D eigenvalue weighted by Crippen LogP contribution is -2.47. The molecule has 0 saturated carbocycles. The van der Waals surface area contributed by atoms with Crippen LogP contribution in [0, 0.1) is 5.92 Å². The first-order chi connectivity index (χ1) is 10.4. The lowest BCUT2D eigenvalue weighted by atomic mass is 9.56. The highest BCUT2D eigenvalue weighted by molar-refractivity contribution is 5.94. The minimum atomic E-state index is -1.13. The predicted octanol–water partition coefficient (Wildman–Crippen LogP) is 3.18. The van der Waals surface area contributed by atoms with Crippen molar-refractivity contribution in [3.05, 3.63) is 58.2 Å². The van der Waals surface area contributed by atoms with E-state index in [9.17, 15) is 19.8 Å². The molecule has 22 heavy (non-hydrogen) atoms. The third-order valence-corrected chi connectivity index (χ3v) is 4.89. The Hall–Kier alpha value is -2.36. The fourth-order valence-corrected chi connectivity index (χ4v) is 4.15. The van der Waals surface area contributed by atoms with Crippen molar-refractivity contribution in [1.82, 2.24) is 0 Å². The molecule has 2 aliphatic carbocycles. The third-order valence-electron chi connectivity index (χ3n) is 4.89. The van der Waals surface area contributed by atoms with Gasteiger partial charge in [-0.25, -0.2) is 4.79 Å². The Bertz CT molecular complexity index is 741. The van der Waals surface area contributed by atoms with Crippen molar-refractivity contribution >= 4 is 11.9 Å². The van der Waals surface area contributed by atoms with Crippen LogP contribution < -0.4 is 0 Å². The van der Waals surface area contributed by atoms with E-state index in [4.69, 9.17) is 0 Å². The second-order valence-electron chi connectivity index (χ2n) is 6.09. The van der Waals surface area contributed by atoms with E-state index in [2.05, 4.69) is 6.08 Å². The summed E-state index contributed by atoms with van der Waals surface area (Å²) in [5.41, 5.74) is 2.31. The summed E-state index contributed by atoms with van der Waals surface area (Å²) in [6.45, 7) is 3.81. The van der Waals surface area contributed by atoms with E-state index in [0.717, 1.165) is 11.1 Å². The Morgan fingerprint density at radius 2 is 2.05 bits per heavy atom. The molecule has 3 rings (SSSR count). The van der Waals surface area contributed by atoms with Crippen molar-refractivity contribution < 1.29 is 19.8 Å². The van der Waals surface area contributed by atoms with Gasteiger partial charge in [0.2, 0.25) is 0 Å². The second-order valence-corrected chi connectivity index (χ2v) is 6.09. The van der Waals surface area contributed by atoms with E-state index in [1.54, 1.807) is 18.2 Å². The summed E-state index contributed by atoms with van der Waals surface area (Å²) in [4.78, 5) is 23.7. The van der Waals surface area contributed by atoms with Crippen LogP contribution in [0.25, 0.3) is 0 Å². The molecule has 0 amide bonds. The van der Waals surface area contributed by atoms with E-state index < -0.39 is 17.4 Å². The number of carboxylic acids is 2. The molecule has 4 nitrogen and oxygen atoms in total. The highest BCUT2D eigenvalue weighted by Gasteiger charge is 2.52. The molecule has 0 saturated heterocycles. The van der Waals surface area contributed by atoms with E-state index in [0.29, 0.717) is 24.0 Å². The number of rotatable bonds is 2. The number of carboxylic acid groups (broad SMARTS) is 2. The largest absolute Gasteiger partial charge is 0.480 e. The summed E-state index contributed by atoms with van der Waals surface area (Å²) in [6.07, 6.45) is 4.91. The molecule has 0 heterocycles. The standard InChI is InChI=1S/C18H18O4/c1-3-14-11-7-10(2)9-18(14,17(21)22)15-6-4-5-12(16(19)20)13(15)8-11/h3-7,11H,8-9H2,1-2H3,(H,19,20)(H,21,22)/b14-3+. The van der Waals surface area contributed by atoms with Crippen molar-refractivity contribution in [2.75, 3.05) is 0 Å². The number of aliphatic carboxylic acids is 1. The highest BCUT2D eigenvalue weighted by atomic mass is 16.4. The molecule has 2 N–H and O–H groups in total. The van der Waals surface area contributed by atoms with Gasteiger partial charge in [-0.1, -0.05) is 29.9 Å². The maximum absolute atomic E-state index is 12.2. The molecule has 0 aliphatic heterocycles. The highest BCUT2D eigenvalue weighted by Crippen LogP contribution is 2.52. The molecule has 1 aromatic carbocycles. The maximum atomic E-state index is 12.2. The lowest BCUT2D eigenvalue weighted by molar-refractivity contribution is -0.142. The SMILES string of the molecule is C/C=C1\C2C=C(C)CC1(C(=O)O)c1cccc(C(=O)O)c1C2.